The molecule has 0 atom stereocenters. The predicted octanol–water partition coefficient (Wildman–Crippen LogP) is 5.34. The maximum absolute atomic E-state index is 12.4. The number of benzene rings is 2. The third kappa shape index (κ3) is 5.23. The molecule has 0 saturated carbocycles. The highest BCUT2D eigenvalue weighted by Crippen LogP contribution is 2.27. The van der Waals surface area contributed by atoms with E-state index in [4.69, 9.17) is 4.74 Å². The minimum absolute atomic E-state index is 0.140. The van der Waals surface area contributed by atoms with Gasteiger partial charge in [0.2, 0.25) is 0 Å². The van der Waals surface area contributed by atoms with Crippen LogP contribution in [-0.4, -0.2) is 25.6 Å². The molecule has 1 amide bonds. The predicted molar refractivity (Wildman–Crippen MR) is 108 cm³/mol. The highest BCUT2D eigenvalue weighted by Gasteiger charge is 2.10. The fraction of sp³-hybridized carbons (Fsp3) is 0.350. The van der Waals surface area contributed by atoms with Crippen LogP contribution >= 0.6 is 15.9 Å². The van der Waals surface area contributed by atoms with E-state index in [-0.39, 0.29) is 5.91 Å². The Morgan fingerprint density at radius 3 is 2.32 bits per heavy atom. The van der Waals surface area contributed by atoms with Crippen molar-refractivity contribution in [3.05, 3.63) is 52.5 Å². The van der Waals surface area contributed by atoms with Crippen LogP contribution in [0.5, 0.6) is 5.75 Å². The van der Waals surface area contributed by atoms with Crippen LogP contribution in [0, 0.1) is 0 Å². The van der Waals surface area contributed by atoms with Crippen molar-refractivity contribution >= 4 is 33.2 Å². The first-order chi connectivity index (χ1) is 12.1. The van der Waals surface area contributed by atoms with Gasteiger partial charge in [-0.05, 0) is 78.7 Å². The van der Waals surface area contributed by atoms with E-state index in [1.54, 1.807) is 12.1 Å². The van der Waals surface area contributed by atoms with Crippen molar-refractivity contribution in [1.29, 1.82) is 0 Å². The number of ether oxygens (including phenoxy) is 1. The molecule has 0 unspecified atom stereocenters. The van der Waals surface area contributed by atoms with E-state index in [0.29, 0.717) is 12.2 Å². The van der Waals surface area contributed by atoms with Crippen molar-refractivity contribution in [3.8, 4) is 5.75 Å². The Labute approximate surface area is 158 Å². The highest BCUT2D eigenvalue weighted by molar-refractivity contribution is 9.10. The number of hydrogen-bond acceptors (Lipinski definition) is 3. The lowest BCUT2D eigenvalue weighted by Gasteiger charge is -2.21. The number of carbonyl (C=O) groups is 1. The summed E-state index contributed by atoms with van der Waals surface area (Å²) in [7, 11) is 0. The Hall–Kier alpha value is -2.01. The summed E-state index contributed by atoms with van der Waals surface area (Å²) in [5.74, 6) is 0.611. The molecule has 0 bridgehead atoms. The molecule has 0 radical (unpaired) electrons. The van der Waals surface area contributed by atoms with Crippen LogP contribution in [-0.2, 0) is 0 Å². The van der Waals surface area contributed by atoms with Crippen molar-refractivity contribution in [2.75, 3.05) is 29.9 Å². The second kappa shape index (κ2) is 9.47. The van der Waals surface area contributed by atoms with E-state index < -0.39 is 0 Å². The average Bonchev–Trinajstić information content (AvgIpc) is 2.63. The van der Waals surface area contributed by atoms with Gasteiger partial charge in [-0.25, -0.2) is 0 Å². The molecule has 5 heteroatoms. The molecule has 0 heterocycles. The zero-order valence-corrected chi connectivity index (χ0v) is 16.6. The summed E-state index contributed by atoms with van der Waals surface area (Å²) in [6, 6.07) is 13.3. The lowest BCUT2D eigenvalue weighted by molar-refractivity contribution is 0.102. The third-order valence-electron chi connectivity index (χ3n) is 3.91. The number of nitrogens with one attached hydrogen (secondary N) is 1. The molecule has 2 rings (SSSR count). The van der Waals surface area contributed by atoms with Gasteiger partial charge >= 0.3 is 0 Å². The van der Waals surface area contributed by atoms with Gasteiger partial charge in [-0.15, -0.1) is 0 Å². The Balaban J connectivity index is 2.05. The fourth-order valence-corrected chi connectivity index (χ4v) is 3.01. The summed E-state index contributed by atoms with van der Waals surface area (Å²) in [4.78, 5) is 14.7. The number of hydrogen-bond donors (Lipinski definition) is 1. The van der Waals surface area contributed by atoms with Gasteiger partial charge in [-0.1, -0.05) is 6.92 Å². The van der Waals surface area contributed by atoms with Crippen LogP contribution in [0.25, 0.3) is 0 Å². The topological polar surface area (TPSA) is 41.6 Å². The lowest BCUT2D eigenvalue weighted by Crippen LogP contribution is -2.21. The van der Waals surface area contributed by atoms with Crippen molar-refractivity contribution in [2.45, 2.75) is 27.2 Å². The molecular weight excluding hydrogens is 380 g/mol. The number of anilines is 2. The maximum atomic E-state index is 12.4. The van der Waals surface area contributed by atoms with Crippen LogP contribution in [0.4, 0.5) is 11.4 Å². The van der Waals surface area contributed by atoms with E-state index >= 15 is 0 Å². The summed E-state index contributed by atoms with van der Waals surface area (Å²) < 4.78 is 6.40. The van der Waals surface area contributed by atoms with Gasteiger partial charge in [0, 0.05) is 30.0 Å². The zero-order chi connectivity index (χ0) is 18.2. The minimum atomic E-state index is -0.140. The van der Waals surface area contributed by atoms with Gasteiger partial charge in [0.25, 0.3) is 5.91 Å². The first-order valence-electron chi connectivity index (χ1n) is 8.67. The van der Waals surface area contributed by atoms with E-state index in [1.807, 2.05) is 30.3 Å². The minimum Gasteiger partial charge on any atom is -0.492 e. The molecule has 1 N–H and O–H groups in total. The molecule has 0 aliphatic carbocycles. The van der Waals surface area contributed by atoms with E-state index in [2.05, 4.69) is 46.9 Å². The Morgan fingerprint density at radius 2 is 1.76 bits per heavy atom. The van der Waals surface area contributed by atoms with Crippen LogP contribution in [0.3, 0.4) is 0 Å². The molecule has 2 aromatic rings. The largest absolute Gasteiger partial charge is 0.492 e. The van der Waals surface area contributed by atoms with Crippen LogP contribution in [0.2, 0.25) is 0 Å². The molecule has 4 nitrogen and oxygen atoms in total. The summed E-state index contributed by atoms with van der Waals surface area (Å²) >= 11 is 3.46. The molecule has 134 valence electrons. The van der Waals surface area contributed by atoms with Gasteiger partial charge in [0.05, 0.1) is 11.1 Å². The van der Waals surface area contributed by atoms with E-state index in [0.717, 1.165) is 41.1 Å². The average molecular weight is 405 g/mol. The molecule has 0 aliphatic heterocycles. The van der Waals surface area contributed by atoms with Gasteiger partial charge in [0.15, 0.2) is 0 Å². The molecule has 25 heavy (non-hydrogen) atoms. The van der Waals surface area contributed by atoms with Crippen LogP contribution in [0.15, 0.2) is 46.9 Å². The smallest absolute Gasteiger partial charge is 0.255 e. The van der Waals surface area contributed by atoms with Gasteiger partial charge in [0.1, 0.15) is 5.75 Å². The quantitative estimate of drug-likeness (QED) is 0.645. The van der Waals surface area contributed by atoms with Gasteiger partial charge in [-0.2, -0.15) is 0 Å². The number of nitrogens with zero attached hydrogens (tertiary/aromatic N) is 1. The normalized spacial score (nSPS) is 10.4. The summed E-state index contributed by atoms with van der Waals surface area (Å²) in [5, 5.41) is 2.93. The Morgan fingerprint density at radius 1 is 1.08 bits per heavy atom. The number of rotatable bonds is 8. The SMILES string of the molecule is CCCOc1ccc(C(=O)Nc2ccc(N(CC)CC)cc2)cc1Br. The van der Waals surface area contributed by atoms with Gasteiger partial charge < -0.3 is 15.0 Å². The lowest BCUT2D eigenvalue weighted by atomic mass is 10.2. The van der Waals surface area contributed by atoms with Crippen LogP contribution < -0.4 is 15.0 Å². The number of halogens is 1. The zero-order valence-electron chi connectivity index (χ0n) is 15.0. The van der Waals surface area contributed by atoms with Gasteiger partial charge in [-0.3, -0.25) is 4.79 Å². The molecule has 0 saturated heterocycles. The molecule has 0 fully saturated rings. The molecule has 0 spiro atoms. The second-order valence-electron chi connectivity index (χ2n) is 5.67. The standard InChI is InChI=1S/C20H25BrN2O2/c1-4-13-25-19-12-7-15(14-18(19)21)20(24)22-16-8-10-17(11-9-16)23(5-2)6-3/h7-12,14H,4-6,13H2,1-3H3,(H,22,24). The monoisotopic (exact) mass is 404 g/mol. The van der Waals surface area contributed by atoms with Crippen LogP contribution in [0.1, 0.15) is 37.6 Å². The molecule has 0 aromatic heterocycles. The third-order valence-corrected chi connectivity index (χ3v) is 4.53. The molecule has 0 aliphatic rings. The Kier molecular flexibility index (Phi) is 7.31. The summed E-state index contributed by atoms with van der Waals surface area (Å²) in [6.07, 6.45) is 0.943. The number of carbonyl (C=O) groups excluding carboxylic acids is 1. The first-order valence-corrected chi connectivity index (χ1v) is 9.47. The maximum Gasteiger partial charge on any atom is 0.255 e. The summed E-state index contributed by atoms with van der Waals surface area (Å²) in [5.41, 5.74) is 2.52. The van der Waals surface area contributed by atoms with E-state index in [9.17, 15) is 4.79 Å². The molecular formula is C20H25BrN2O2. The Bertz CT molecular complexity index is 697. The van der Waals surface area contributed by atoms with Crippen molar-refractivity contribution in [2.24, 2.45) is 0 Å². The van der Waals surface area contributed by atoms with E-state index in [1.165, 1.54) is 0 Å². The fourth-order valence-electron chi connectivity index (χ4n) is 2.52. The van der Waals surface area contributed by atoms with Crippen molar-refractivity contribution in [1.82, 2.24) is 0 Å². The second-order valence-corrected chi connectivity index (χ2v) is 6.52. The highest BCUT2D eigenvalue weighted by atomic mass is 79.9. The van der Waals surface area contributed by atoms with Crippen molar-refractivity contribution < 1.29 is 9.53 Å². The molecule has 2 aromatic carbocycles. The van der Waals surface area contributed by atoms with Crippen molar-refractivity contribution in [3.63, 3.8) is 0 Å². The number of amides is 1. The summed E-state index contributed by atoms with van der Waals surface area (Å²) in [6.45, 7) is 8.89. The first kappa shape index (κ1) is 19.3.